The maximum absolute atomic E-state index is 12.2. The fourth-order valence-electron chi connectivity index (χ4n) is 3.17. The predicted molar refractivity (Wildman–Crippen MR) is 101 cm³/mol. The SMILES string of the molecule is N#CC1=CC=CNC1C1=CCN(CC(=O)Nc2ccc(OC(F)(F)F)cc2)CC1. The van der Waals surface area contributed by atoms with E-state index < -0.39 is 6.36 Å². The Hall–Kier alpha value is -3.25. The number of halogens is 3. The number of nitriles is 1. The van der Waals surface area contributed by atoms with Gasteiger partial charge in [-0.3, -0.25) is 9.69 Å². The fraction of sp³-hybridized carbons (Fsp3) is 0.300. The van der Waals surface area contributed by atoms with Crippen LogP contribution in [0.1, 0.15) is 6.42 Å². The second kappa shape index (κ2) is 8.84. The van der Waals surface area contributed by atoms with Gasteiger partial charge in [-0.2, -0.15) is 5.26 Å². The van der Waals surface area contributed by atoms with Gasteiger partial charge in [0.2, 0.25) is 5.91 Å². The first-order valence-corrected chi connectivity index (χ1v) is 8.94. The molecule has 1 unspecified atom stereocenters. The van der Waals surface area contributed by atoms with Crippen molar-refractivity contribution < 1.29 is 22.7 Å². The number of allylic oxidation sites excluding steroid dienone is 2. The van der Waals surface area contributed by atoms with Gasteiger partial charge in [0.25, 0.3) is 0 Å². The molecule has 3 rings (SSSR count). The molecule has 0 fully saturated rings. The number of rotatable bonds is 5. The zero-order chi connectivity index (χ0) is 20.9. The highest BCUT2D eigenvalue weighted by atomic mass is 19.4. The van der Waals surface area contributed by atoms with Crippen LogP contribution in [-0.4, -0.2) is 42.8 Å². The molecule has 0 saturated carbocycles. The number of hydrogen-bond acceptors (Lipinski definition) is 5. The Balaban J connectivity index is 1.50. The van der Waals surface area contributed by atoms with Crippen LogP contribution >= 0.6 is 0 Å². The smallest absolute Gasteiger partial charge is 0.406 e. The van der Waals surface area contributed by atoms with Crippen molar-refractivity contribution in [3.05, 3.63) is 59.8 Å². The summed E-state index contributed by atoms with van der Waals surface area (Å²) in [6.07, 6.45) is 3.36. The highest BCUT2D eigenvalue weighted by Crippen LogP contribution is 2.24. The number of carbonyl (C=O) groups excluding carboxylic acids is 1. The lowest BCUT2D eigenvalue weighted by Gasteiger charge is -2.30. The number of amides is 1. The van der Waals surface area contributed by atoms with Crippen molar-refractivity contribution in [1.82, 2.24) is 10.2 Å². The van der Waals surface area contributed by atoms with Crippen LogP contribution in [-0.2, 0) is 4.79 Å². The molecule has 29 heavy (non-hydrogen) atoms. The summed E-state index contributed by atoms with van der Waals surface area (Å²) in [4.78, 5) is 14.2. The average Bonchev–Trinajstić information content (AvgIpc) is 2.69. The van der Waals surface area contributed by atoms with Crippen LogP contribution in [0.25, 0.3) is 0 Å². The number of alkyl halides is 3. The van der Waals surface area contributed by atoms with E-state index in [1.807, 2.05) is 11.0 Å². The fourth-order valence-corrected chi connectivity index (χ4v) is 3.17. The predicted octanol–water partition coefficient (Wildman–Crippen LogP) is 3.09. The molecule has 0 aromatic heterocycles. The van der Waals surface area contributed by atoms with Crippen LogP contribution in [0.15, 0.2) is 59.8 Å². The van der Waals surface area contributed by atoms with Gasteiger partial charge in [0, 0.05) is 18.8 Å². The van der Waals surface area contributed by atoms with E-state index in [4.69, 9.17) is 0 Å². The van der Waals surface area contributed by atoms with E-state index in [0.717, 1.165) is 24.1 Å². The van der Waals surface area contributed by atoms with E-state index in [0.29, 0.717) is 24.4 Å². The van der Waals surface area contributed by atoms with Crippen molar-refractivity contribution >= 4 is 11.6 Å². The Bertz CT molecular complexity index is 882. The average molecular weight is 404 g/mol. The molecule has 2 N–H and O–H groups in total. The molecule has 6 nitrogen and oxygen atoms in total. The van der Waals surface area contributed by atoms with Crippen molar-refractivity contribution in [3.63, 3.8) is 0 Å². The zero-order valence-corrected chi connectivity index (χ0v) is 15.4. The quantitative estimate of drug-likeness (QED) is 0.738. The van der Waals surface area contributed by atoms with Gasteiger partial charge in [0.05, 0.1) is 24.2 Å². The van der Waals surface area contributed by atoms with E-state index in [1.54, 1.807) is 18.4 Å². The first-order valence-electron chi connectivity index (χ1n) is 8.94. The Kier molecular flexibility index (Phi) is 6.24. The largest absolute Gasteiger partial charge is 0.573 e. The van der Waals surface area contributed by atoms with Crippen LogP contribution in [0.5, 0.6) is 5.75 Å². The lowest BCUT2D eigenvalue weighted by atomic mass is 9.93. The molecule has 0 radical (unpaired) electrons. The first kappa shape index (κ1) is 20.5. The molecule has 9 heteroatoms. The number of anilines is 1. The monoisotopic (exact) mass is 404 g/mol. The highest BCUT2D eigenvalue weighted by molar-refractivity contribution is 5.92. The topological polar surface area (TPSA) is 77.4 Å². The van der Waals surface area contributed by atoms with Crippen LogP contribution in [0.2, 0.25) is 0 Å². The van der Waals surface area contributed by atoms with Crippen LogP contribution in [0, 0.1) is 11.3 Å². The summed E-state index contributed by atoms with van der Waals surface area (Å²) in [5, 5.41) is 15.1. The molecule has 2 aliphatic rings. The van der Waals surface area contributed by atoms with E-state index in [9.17, 15) is 23.2 Å². The summed E-state index contributed by atoms with van der Waals surface area (Å²) < 4.78 is 40.3. The third-order valence-corrected chi connectivity index (χ3v) is 4.51. The molecule has 0 aliphatic carbocycles. The molecule has 2 aliphatic heterocycles. The Morgan fingerprint density at radius 3 is 2.72 bits per heavy atom. The van der Waals surface area contributed by atoms with Crippen molar-refractivity contribution in [2.24, 2.45) is 0 Å². The minimum atomic E-state index is -4.75. The zero-order valence-electron chi connectivity index (χ0n) is 15.4. The van der Waals surface area contributed by atoms with Crippen molar-refractivity contribution in [2.75, 3.05) is 25.0 Å². The number of carbonyl (C=O) groups is 1. The van der Waals surface area contributed by atoms with E-state index in [2.05, 4.69) is 21.4 Å². The normalized spacial score (nSPS) is 19.4. The van der Waals surface area contributed by atoms with Gasteiger partial charge in [0.1, 0.15) is 5.75 Å². The molecule has 152 valence electrons. The van der Waals surface area contributed by atoms with Crippen molar-refractivity contribution in [3.8, 4) is 11.8 Å². The molecule has 0 bridgehead atoms. The molecule has 1 amide bonds. The number of dihydropyridines is 1. The second-order valence-corrected chi connectivity index (χ2v) is 6.58. The molecule has 1 aromatic rings. The van der Waals surface area contributed by atoms with Crippen molar-refractivity contribution in [2.45, 2.75) is 18.8 Å². The van der Waals surface area contributed by atoms with E-state index in [-0.39, 0.29) is 24.2 Å². The molecule has 0 spiro atoms. The number of nitrogens with one attached hydrogen (secondary N) is 2. The lowest BCUT2D eigenvalue weighted by molar-refractivity contribution is -0.274. The standard InChI is InChI=1S/C20H19F3N4O2/c21-20(22,23)29-17-5-3-16(4-6-17)26-18(28)13-27-10-7-14(8-11-27)19-15(12-24)2-1-9-25-19/h1-7,9,19,25H,8,10-11,13H2,(H,26,28). The van der Waals surface area contributed by atoms with Gasteiger partial charge in [-0.05, 0) is 54.6 Å². The molecular formula is C20H19F3N4O2. The van der Waals surface area contributed by atoms with Gasteiger partial charge >= 0.3 is 6.36 Å². The van der Waals surface area contributed by atoms with Crippen LogP contribution in [0.3, 0.4) is 0 Å². The molecule has 1 atom stereocenters. The van der Waals surface area contributed by atoms with Crippen LogP contribution < -0.4 is 15.4 Å². The highest BCUT2D eigenvalue weighted by Gasteiger charge is 2.31. The number of ether oxygens (including phenoxy) is 1. The van der Waals surface area contributed by atoms with Crippen molar-refractivity contribution in [1.29, 1.82) is 5.26 Å². The summed E-state index contributed by atoms with van der Waals surface area (Å²) in [5.74, 6) is -0.608. The van der Waals surface area contributed by atoms with Crippen LogP contribution in [0.4, 0.5) is 18.9 Å². The number of benzene rings is 1. The van der Waals surface area contributed by atoms with E-state index in [1.165, 1.54) is 12.1 Å². The minimum Gasteiger partial charge on any atom is -0.406 e. The Morgan fingerprint density at radius 2 is 2.10 bits per heavy atom. The number of hydrogen-bond donors (Lipinski definition) is 2. The third kappa shape index (κ3) is 5.86. The minimum absolute atomic E-state index is 0.126. The van der Waals surface area contributed by atoms with E-state index >= 15 is 0 Å². The molecule has 0 saturated heterocycles. The summed E-state index contributed by atoms with van der Waals surface area (Å²) in [7, 11) is 0. The summed E-state index contributed by atoms with van der Waals surface area (Å²) >= 11 is 0. The maximum Gasteiger partial charge on any atom is 0.573 e. The lowest BCUT2D eigenvalue weighted by Crippen LogP contribution is -2.39. The second-order valence-electron chi connectivity index (χ2n) is 6.58. The van der Waals surface area contributed by atoms with Gasteiger partial charge < -0.3 is 15.4 Å². The third-order valence-electron chi connectivity index (χ3n) is 4.51. The summed E-state index contributed by atoms with van der Waals surface area (Å²) in [5.41, 5.74) is 2.15. The molecular weight excluding hydrogens is 385 g/mol. The molecule has 1 aromatic carbocycles. The first-order chi connectivity index (χ1) is 13.8. The van der Waals surface area contributed by atoms with Gasteiger partial charge in [0.15, 0.2) is 0 Å². The number of nitrogens with zero attached hydrogens (tertiary/aromatic N) is 2. The van der Waals surface area contributed by atoms with Gasteiger partial charge in [-0.1, -0.05) is 6.08 Å². The Labute approximate surface area is 165 Å². The summed E-state index contributed by atoms with van der Waals surface area (Å²) in [6, 6.07) is 7.06. The molecule has 2 heterocycles. The Morgan fingerprint density at radius 1 is 1.34 bits per heavy atom. The maximum atomic E-state index is 12.2. The van der Waals surface area contributed by atoms with Gasteiger partial charge in [-0.15, -0.1) is 13.2 Å². The van der Waals surface area contributed by atoms with Gasteiger partial charge in [-0.25, -0.2) is 0 Å². The summed E-state index contributed by atoms with van der Waals surface area (Å²) in [6.45, 7) is 1.39.